The summed E-state index contributed by atoms with van der Waals surface area (Å²) >= 11 is 3.42. The molecule has 0 spiro atoms. The Bertz CT molecular complexity index is 498. The van der Waals surface area contributed by atoms with Crippen molar-refractivity contribution in [2.75, 3.05) is 0 Å². The van der Waals surface area contributed by atoms with Gasteiger partial charge in [-0.2, -0.15) is 5.39 Å². The van der Waals surface area contributed by atoms with Crippen LogP contribution in [0.1, 0.15) is 11.1 Å². The molecule has 1 aromatic carbocycles. The zero-order valence-corrected chi connectivity index (χ0v) is 17.6. The molecule has 1 aromatic heterocycles. The number of benzene rings is 1. The van der Waals surface area contributed by atoms with Gasteiger partial charge in [-0.25, -0.2) is 0 Å². The van der Waals surface area contributed by atoms with Crippen LogP contribution in [0.15, 0.2) is 16.6 Å². The normalized spacial score (nSPS) is 10.4. The van der Waals surface area contributed by atoms with Gasteiger partial charge in [0.2, 0.25) is 0 Å². The predicted octanol–water partition coefficient (Wildman–Crippen LogP) is 2.64. The largest absolute Gasteiger partial charge is 0.448 e. The molecule has 2 nitrogen and oxygen atoms in total. The standard InChI is InChI=1S/C10H10BrNOP.Rf/c1-6-4-12(14)10-3-9(11)7(5-13)2-8(6)10;/h2-3,13H,5,14H2,1H3;/q-1;. The summed E-state index contributed by atoms with van der Waals surface area (Å²) in [6.45, 7) is 2.07. The summed E-state index contributed by atoms with van der Waals surface area (Å²) in [5.41, 5.74) is 3.10. The number of aliphatic hydroxyl groups is 1. The van der Waals surface area contributed by atoms with Gasteiger partial charge in [0.05, 0.1) is 6.61 Å². The molecule has 0 aliphatic rings. The predicted molar refractivity (Wildman–Crippen MR) is 64.2 cm³/mol. The van der Waals surface area contributed by atoms with Crippen molar-refractivity contribution >= 4 is 36.2 Å². The van der Waals surface area contributed by atoms with E-state index in [0.717, 1.165) is 26.5 Å². The van der Waals surface area contributed by atoms with Crippen LogP contribution in [-0.4, -0.2) is 9.44 Å². The molecule has 2 rings (SSSR count). The number of nitrogens with zero attached hydrogens (tertiary/aromatic N) is 1. The third-order valence-electron chi connectivity index (χ3n) is 2.29. The summed E-state index contributed by atoms with van der Waals surface area (Å²) in [5, 5.41) is 10.3. The van der Waals surface area contributed by atoms with Crippen LogP contribution in [0, 0.1) is 13.1 Å². The first kappa shape index (κ1) is 11.7. The number of aliphatic hydroxyl groups excluding tert-OH is 1. The average Bonchev–Trinajstić information content (AvgIpc) is 2.41. The maximum atomic E-state index is 9.12. The fraction of sp³-hybridized carbons (Fsp3) is 0.200. The molecule has 0 saturated heterocycles. The van der Waals surface area contributed by atoms with Gasteiger partial charge >= 0.3 is 0 Å². The first-order valence-electron chi connectivity index (χ1n) is 4.22. The minimum atomic E-state index is 0. The number of aryl methyl sites for hydroxylation is 1. The van der Waals surface area contributed by atoms with Crippen LogP contribution in [0.5, 0.6) is 0 Å². The van der Waals surface area contributed by atoms with Gasteiger partial charge in [-0.3, -0.25) is 0 Å². The van der Waals surface area contributed by atoms with Gasteiger partial charge in [0.15, 0.2) is 0 Å². The molecule has 15 heavy (non-hydrogen) atoms. The maximum absolute atomic E-state index is 9.12. The van der Waals surface area contributed by atoms with E-state index in [2.05, 4.69) is 31.5 Å². The van der Waals surface area contributed by atoms with Crippen molar-refractivity contribution in [1.82, 2.24) is 4.34 Å². The van der Waals surface area contributed by atoms with Crippen LogP contribution < -0.4 is 0 Å². The van der Waals surface area contributed by atoms with E-state index in [-0.39, 0.29) is 6.61 Å². The number of aromatic nitrogens is 1. The average molecular weight is 538 g/mol. The molecule has 0 fully saturated rings. The Labute approximate surface area is 93.3 Å². The van der Waals surface area contributed by atoms with Crippen LogP contribution in [-0.2, 0) is 6.61 Å². The molecule has 0 bridgehead atoms. The van der Waals surface area contributed by atoms with Crippen LogP contribution in [0.3, 0.4) is 0 Å². The Morgan fingerprint density at radius 2 is 2.20 bits per heavy atom. The third kappa shape index (κ3) is 1.74. The summed E-state index contributed by atoms with van der Waals surface area (Å²) in [4.78, 5) is 0. The number of fused-ring (bicyclic) bond motifs is 1. The smallest absolute Gasteiger partial charge is 0.0682 e. The second-order valence-corrected chi connectivity index (χ2v) is 4.60. The summed E-state index contributed by atoms with van der Waals surface area (Å²) < 4.78 is 2.82. The summed E-state index contributed by atoms with van der Waals surface area (Å²) in [7, 11) is 2.60. The van der Waals surface area contributed by atoms with Gasteiger partial charge in [0.1, 0.15) is 0 Å². The molecular formula is C10H10BrNOPRf-. The quantitative estimate of drug-likeness (QED) is 0.439. The molecular weight excluding hydrogens is 528 g/mol. The van der Waals surface area contributed by atoms with Crippen molar-refractivity contribution in [2.24, 2.45) is 0 Å². The minimum absolute atomic E-state index is 0. The van der Waals surface area contributed by atoms with Gasteiger partial charge in [-0.15, -0.1) is 17.1 Å². The fourth-order valence-electron chi connectivity index (χ4n) is 1.53. The van der Waals surface area contributed by atoms with E-state index in [1.165, 1.54) is 0 Å². The molecule has 1 heterocycles. The summed E-state index contributed by atoms with van der Waals surface area (Å²) in [6, 6.07) is 3.99. The Balaban J connectivity index is 0.00000112. The molecule has 0 saturated carbocycles. The molecule has 1 atom stereocenters. The third-order valence-corrected chi connectivity index (χ3v) is 3.43. The molecule has 0 aliphatic carbocycles. The van der Waals surface area contributed by atoms with E-state index >= 15 is 0 Å². The summed E-state index contributed by atoms with van der Waals surface area (Å²) in [5.74, 6) is 0. The molecule has 2 aromatic rings. The van der Waals surface area contributed by atoms with E-state index in [1.807, 2.05) is 23.4 Å². The Kier molecular flexibility index (Phi) is 3.13. The summed E-state index contributed by atoms with van der Waals surface area (Å²) in [6.07, 6.45) is 3.17. The van der Waals surface area contributed by atoms with Gasteiger partial charge in [-0.1, -0.05) is 44.5 Å². The Morgan fingerprint density at radius 3 is 2.80 bits per heavy atom. The molecule has 1 N–H and O–H groups in total. The molecule has 0 radical (unpaired) electrons. The van der Waals surface area contributed by atoms with Gasteiger partial charge in [-0.05, 0) is 5.56 Å². The van der Waals surface area contributed by atoms with Crippen LogP contribution in [0.4, 0.5) is 0 Å². The number of hydrogen-bond donors (Lipinski definition) is 1. The van der Waals surface area contributed by atoms with Gasteiger partial charge in [0, 0.05) is 4.47 Å². The zero-order valence-electron chi connectivity index (χ0n) is 8.42. The topological polar surface area (TPSA) is 25.2 Å². The zero-order chi connectivity index (χ0) is 10.3. The van der Waals surface area contributed by atoms with Crippen molar-refractivity contribution < 1.29 is 5.11 Å². The first-order valence-corrected chi connectivity index (χ1v) is 5.53. The van der Waals surface area contributed by atoms with Crippen molar-refractivity contribution in [3.05, 3.63) is 33.9 Å². The van der Waals surface area contributed by atoms with Crippen molar-refractivity contribution in [1.29, 1.82) is 0 Å². The molecule has 0 aliphatic heterocycles. The van der Waals surface area contributed by atoms with Crippen molar-refractivity contribution in [3.63, 3.8) is 0 Å². The number of halogens is 1. The van der Waals surface area contributed by atoms with Crippen LogP contribution in [0.25, 0.3) is 10.9 Å². The van der Waals surface area contributed by atoms with Crippen LogP contribution >= 0.6 is 25.3 Å². The van der Waals surface area contributed by atoms with E-state index in [4.69, 9.17) is 5.11 Å². The van der Waals surface area contributed by atoms with Crippen LogP contribution in [0.2, 0.25) is 0 Å². The van der Waals surface area contributed by atoms with Gasteiger partial charge < -0.3 is 9.44 Å². The van der Waals surface area contributed by atoms with E-state index < -0.39 is 0 Å². The number of hydrogen-bond acceptors (Lipinski definition) is 1. The minimum Gasteiger partial charge on any atom is -0.448 e. The molecule has 5 heteroatoms. The molecule has 0 amide bonds. The second kappa shape index (κ2) is 4.01. The van der Waals surface area contributed by atoms with Gasteiger partial charge in [0.25, 0.3) is 0 Å². The molecule has 76 valence electrons. The number of rotatable bonds is 1. The Morgan fingerprint density at radius 1 is 1.53 bits per heavy atom. The second-order valence-electron chi connectivity index (χ2n) is 3.23. The monoisotopic (exact) mass is 537 g/mol. The molecule has 1 unspecified atom stereocenters. The Hall–Kier alpha value is -1.37. The van der Waals surface area contributed by atoms with Crippen molar-refractivity contribution in [2.45, 2.75) is 13.5 Å². The first-order chi connectivity index (χ1) is 6.63. The maximum Gasteiger partial charge on any atom is 0.0682 e. The van der Waals surface area contributed by atoms with Crippen molar-refractivity contribution in [3.8, 4) is 0 Å². The van der Waals surface area contributed by atoms with E-state index in [9.17, 15) is 0 Å². The van der Waals surface area contributed by atoms with E-state index in [1.54, 1.807) is 0 Å². The fourth-order valence-corrected chi connectivity index (χ4v) is 2.39. The van der Waals surface area contributed by atoms with E-state index in [0.29, 0.717) is 0 Å². The SMILES string of the molecule is Cc1[c-]n(P)c2cc(Br)c(CO)cc12.[Rf].